The van der Waals surface area contributed by atoms with E-state index in [9.17, 15) is 8.42 Å². The molecule has 2 N–H and O–H groups in total. The van der Waals surface area contributed by atoms with Gasteiger partial charge in [0, 0.05) is 19.1 Å². The number of hydrogen-bond acceptors (Lipinski definition) is 4. The van der Waals surface area contributed by atoms with E-state index in [0.717, 1.165) is 12.8 Å². The average molecular weight is 279 g/mol. The summed E-state index contributed by atoms with van der Waals surface area (Å²) in [5.74, 6) is -0.0704. The van der Waals surface area contributed by atoms with Crippen LogP contribution in [0, 0.1) is 11.3 Å². The highest BCUT2D eigenvalue weighted by Crippen LogP contribution is 2.23. The zero-order valence-corrected chi connectivity index (χ0v) is 11.4. The Balaban J connectivity index is 2.19. The summed E-state index contributed by atoms with van der Waals surface area (Å²) in [5, 5.41) is 8.83. The average Bonchev–Trinajstić information content (AvgIpc) is 2.87. The summed E-state index contributed by atoms with van der Waals surface area (Å²) < 4.78 is 26.2. The van der Waals surface area contributed by atoms with E-state index in [4.69, 9.17) is 11.0 Å². The third-order valence-corrected chi connectivity index (χ3v) is 5.25. The third-order valence-electron chi connectivity index (χ3n) is 3.36. The van der Waals surface area contributed by atoms with Gasteiger partial charge in [0.1, 0.15) is 0 Å². The van der Waals surface area contributed by atoms with Crippen LogP contribution < -0.4 is 5.73 Å². The molecule has 1 unspecified atom stereocenters. The fraction of sp³-hybridized carbons (Fsp3) is 0.462. The predicted octanol–water partition coefficient (Wildman–Crippen LogP) is 0.811. The van der Waals surface area contributed by atoms with E-state index in [1.807, 2.05) is 6.07 Å². The van der Waals surface area contributed by atoms with E-state index in [1.54, 1.807) is 24.3 Å². The Hall–Kier alpha value is -1.42. The monoisotopic (exact) mass is 279 g/mol. The van der Waals surface area contributed by atoms with Crippen molar-refractivity contribution in [2.24, 2.45) is 5.73 Å². The first kappa shape index (κ1) is 14.0. The number of nitriles is 1. The maximum Gasteiger partial charge on any atom is 0.218 e. The van der Waals surface area contributed by atoms with Crippen molar-refractivity contribution in [2.45, 2.75) is 24.6 Å². The van der Waals surface area contributed by atoms with Crippen molar-refractivity contribution in [3.05, 3.63) is 35.4 Å². The third kappa shape index (κ3) is 3.13. The summed E-state index contributed by atoms with van der Waals surface area (Å²) in [6, 6.07) is 8.64. The molecule has 1 aliphatic rings. The Morgan fingerprint density at radius 2 is 2.26 bits per heavy atom. The SMILES string of the molecule is N#Cc1cccc(CS(=O)(=O)N2CCCC2CN)c1. The van der Waals surface area contributed by atoms with Crippen molar-refractivity contribution in [1.29, 1.82) is 5.26 Å². The van der Waals surface area contributed by atoms with Crippen LogP contribution in [0.4, 0.5) is 0 Å². The highest BCUT2D eigenvalue weighted by molar-refractivity contribution is 7.88. The fourth-order valence-corrected chi connectivity index (χ4v) is 4.25. The highest BCUT2D eigenvalue weighted by atomic mass is 32.2. The predicted molar refractivity (Wildman–Crippen MR) is 72.6 cm³/mol. The van der Waals surface area contributed by atoms with Crippen LogP contribution in [-0.4, -0.2) is 31.9 Å². The molecule has 0 saturated carbocycles. The van der Waals surface area contributed by atoms with Gasteiger partial charge in [-0.2, -0.15) is 9.57 Å². The molecule has 0 aromatic heterocycles. The largest absolute Gasteiger partial charge is 0.329 e. The van der Waals surface area contributed by atoms with E-state index < -0.39 is 10.0 Å². The van der Waals surface area contributed by atoms with Gasteiger partial charge in [0.15, 0.2) is 0 Å². The highest BCUT2D eigenvalue weighted by Gasteiger charge is 2.33. The van der Waals surface area contributed by atoms with Crippen molar-refractivity contribution in [2.75, 3.05) is 13.1 Å². The lowest BCUT2D eigenvalue weighted by molar-refractivity contribution is 0.392. The Morgan fingerprint density at radius 3 is 2.95 bits per heavy atom. The summed E-state index contributed by atoms with van der Waals surface area (Å²) in [4.78, 5) is 0. The smallest absolute Gasteiger partial charge is 0.218 e. The van der Waals surface area contributed by atoms with Crippen molar-refractivity contribution in [3.63, 3.8) is 0 Å². The lowest BCUT2D eigenvalue weighted by Crippen LogP contribution is -2.40. The van der Waals surface area contributed by atoms with E-state index in [-0.39, 0.29) is 11.8 Å². The van der Waals surface area contributed by atoms with Crippen molar-refractivity contribution in [3.8, 4) is 6.07 Å². The molecule has 0 radical (unpaired) electrons. The number of hydrogen-bond donors (Lipinski definition) is 1. The van der Waals surface area contributed by atoms with Crippen LogP contribution in [0.2, 0.25) is 0 Å². The number of sulfonamides is 1. The van der Waals surface area contributed by atoms with Crippen LogP contribution in [0.15, 0.2) is 24.3 Å². The van der Waals surface area contributed by atoms with Crippen LogP contribution in [0.1, 0.15) is 24.0 Å². The number of nitrogens with zero attached hydrogens (tertiary/aromatic N) is 2. The van der Waals surface area contributed by atoms with E-state index in [2.05, 4.69) is 0 Å². The molecule has 2 rings (SSSR count). The molecule has 5 nitrogen and oxygen atoms in total. The van der Waals surface area contributed by atoms with Crippen LogP contribution in [-0.2, 0) is 15.8 Å². The minimum Gasteiger partial charge on any atom is -0.329 e. The first-order valence-corrected chi connectivity index (χ1v) is 7.86. The molecular formula is C13H17N3O2S. The van der Waals surface area contributed by atoms with Gasteiger partial charge in [0.25, 0.3) is 0 Å². The van der Waals surface area contributed by atoms with E-state index >= 15 is 0 Å². The second kappa shape index (κ2) is 5.70. The number of nitrogens with two attached hydrogens (primary N) is 1. The molecule has 0 amide bonds. The normalized spacial score (nSPS) is 20.3. The van der Waals surface area contributed by atoms with Crippen molar-refractivity contribution >= 4 is 10.0 Å². The molecule has 1 heterocycles. The maximum absolute atomic E-state index is 12.4. The molecular weight excluding hydrogens is 262 g/mol. The van der Waals surface area contributed by atoms with Gasteiger partial charge < -0.3 is 5.73 Å². The summed E-state index contributed by atoms with van der Waals surface area (Å²) in [5.41, 5.74) is 6.73. The topological polar surface area (TPSA) is 87.2 Å². The second-order valence-electron chi connectivity index (χ2n) is 4.71. The molecule has 6 heteroatoms. The quantitative estimate of drug-likeness (QED) is 0.883. The van der Waals surface area contributed by atoms with Gasteiger partial charge in [-0.15, -0.1) is 0 Å². The van der Waals surface area contributed by atoms with Crippen LogP contribution in [0.5, 0.6) is 0 Å². The van der Waals surface area contributed by atoms with E-state index in [0.29, 0.717) is 24.2 Å². The van der Waals surface area contributed by atoms with Gasteiger partial charge in [0.2, 0.25) is 10.0 Å². The molecule has 1 aromatic rings. The second-order valence-corrected chi connectivity index (χ2v) is 6.63. The summed E-state index contributed by atoms with van der Waals surface area (Å²) in [6.45, 7) is 0.902. The lowest BCUT2D eigenvalue weighted by Gasteiger charge is -2.22. The first-order valence-electron chi connectivity index (χ1n) is 6.25. The van der Waals surface area contributed by atoms with Gasteiger partial charge in [-0.1, -0.05) is 12.1 Å². The van der Waals surface area contributed by atoms with Gasteiger partial charge in [-0.25, -0.2) is 8.42 Å². The number of benzene rings is 1. The molecule has 102 valence electrons. The summed E-state index contributed by atoms with van der Waals surface area (Å²) in [7, 11) is -3.36. The zero-order chi connectivity index (χ0) is 13.9. The van der Waals surface area contributed by atoms with E-state index in [1.165, 1.54) is 4.31 Å². The van der Waals surface area contributed by atoms with Crippen LogP contribution in [0.25, 0.3) is 0 Å². The Labute approximate surface area is 113 Å². The molecule has 1 saturated heterocycles. The van der Waals surface area contributed by atoms with Gasteiger partial charge in [-0.3, -0.25) is 0 Å². The Bertz CT molecular complexity index is 592. The van der Waals surface area contributed by atoms with Gasteiger partial charge in [-0.05, 0) is 30.5 Å². The molecule has 1 fully saturated rings. The molecule has 0 spiro atoms. The molecule has 0 bridgehead atoms. The van der Waals surface area contributed by atoms with Crippen LogP contribution >= 0.6 is 0 Å². The molecule has 1 atom stereocenters. The first-order chi connectivity index (χ1) is 9.06. The van der Waals surface area contributed by atoms with Gasteiger partial charge in [0.05, 0.1) is 17.4 Å². The Kier molecular flexibility index (Phi) is 4.20. The van der Waals surface area contributed by atoms with Crippen LogP contribution in [0.3, 0.4) is 0 Å². The molecule has 0 aliphatic carbocycles. The maximum atomic E-state index is 12.4. The molecule has 19 heavy (non-hydrogen) atoms. The van der Waals surface area contributed by atoms with Gasteiger partial charge >= 0.3 is 0 Å². The minimum absolute atomic E-state index is 0.0704. The standard InChI is InChI=1S/C13H17N3O2S/c14-8-11-3-1-4-12(7-11)10-19(17,18)16-6-2-5-13(16)9-15/h1,3-4,7,13H,2,5-6,9-10,15H2. The number of rotatable bonds is 4. The Morgan fingerprint density at radius 1 is 1.47 bits per heavy atom. The van der Waals surface area contributed by atoms with Crippen molar-refractivity contribution in [1.82, 2.24) is 4.31 Å². The van der Waals surface area contributed by atoms with Crippen molar-refractivity contribution < 1.29 is 8.42 Å². The fourth-order valence-electron chi connectivity index (χ4n) is 2.44. The summed E-state index contributed by atoms with van der Waals surface area (Å²) >= 11 is 0. The molecule has 1 aromatic carbocycles. The summed E-state index contributed by atoms with van der Waals surface area (Å²) in [6.07, 6.45) is 1.69. The zero-order valence-electron chi connectivity index (χ0n) is 10.6. The minimum atomic E-state index is -3.36. The lowest BCUT2D eigenvalue weighted by atomic mass is 10.2. The molecule has 1 aliphatic heterocycles.